The second kappa shape index (κ2) is 7.89. The largest absolute Gasteiger partial charge is 0.497 e. The van der Waals surface area contributed by atoms with E-state index < -0.39 is 0 Å². The van der Waals surface area contributed by atoms with Gasteiger partial charge < -0.3 is 14.0 Å². The van der Waals surface area contributed by atoms with Crippen LogP contribution in [-0.4, -0.2) is 55.4 Å². The van der Waals surface area contributed by atoms with Crippen molar-refractivity contribution < 1.29 is 14.0 Å². The van der Waals surface area contributed by atoms with Crippen LogP contribution in [-0.2, 0) is 13.1 Å². The Balaban J connectivity index is 1.58. The third-order valence-corrected chi connectivity index (χ3v) is 4.91. The van der Waals surface area contributed by atoms with Crippen LogP contribution >= 0.6 is 0 Å². The summed E-state index contributed by atoms with van der Waals surface area (Å²) in [6.45, 7) is 9.93. The van der Waals surface area contributed by atoms with Crippen molar-refractivity contribution in [3.8, 4) is 11.5 Å². The van der Waals surface area contributed by atoms with Crippen molar-refractivity contribution in [1.82, 2.24) is 15.0 Å². The molecule has 0 spiro atoms. The lowest BCUT2D eigenvalue weighted by Crippen LogP contribution is -2.45. The predicted molar refractivity (Wildman–Crippen MR) is 96.1 cm³/mol. The quantitative estimate of drug-likeness (QED) is 0.802. The van der Waals surface area contributed by atoms with Gasteiger partial charge in [0.15, 0.2) is 0 Å². The molecular formula is C19H27N3O3. The summed E-state index contributed by atoms with van der Waals surface area (Å²) in [5.41, 5.74) is 3.39. The molecule has 0 N–H and O–H groups in total. The molecule has 2 aromatic rings. The number of hydrogen-bond acceptors (Lipinski definition) is 6. The van der Waals surface area contributed by atoms with Gasteiger partial charge in [0, 0.05) is 50.4 Å². The van der Waals surface area contributed by atoms with Gasteiger partial charge in [0.25, 0.3) is 0 Å². The third-order valence-electron chi connectivity index (χ3n) is 4.91. The number of aryl methyl sites for hydroxylation is 2. The molecule has 0 atom stereocenters. The normalized spacial score (nSPS) is 16.2. The number of nitrogens with zero attached hydrogens (tertiary/aromatic N) is 3. The molecule has 6 nitrogen and oxygen atoms in total. The number of benzene rings is 1. The number of methoxy groups -OCH3 is 2. The van der Waals surface area contributed by atoms with Gasteiger partial charge in [-0.05, 0) is 32.0 Å². The summed E-state index contributed by atoms with van der Waals surface area (Å²) in [7, 11) is 3.41. The van der Waals surface area contributed by atoms with Gasteiger partial charge >= 0.3 is 0 Å². The van der Waals surface area contributed by atoms with Crippen LogP contribution in [0.1, 0.15) is 22.6 Å². The van der Waals surface area contributed by atoms with Crippen LogP contribution < -0.4 is 9.47 Å². The van der Waals surface area contributed by atoms with Crippen molar-refractivity contribution in [2.45, 2.75) is 26.9 Å². The van der Waals surface area contributed by atoms with Crippen LogP contribution in [0, 0.1) is 13.8 Å². The Morgan fingerprint density at radius 3 is 2.24 bits per heavy atom. The standard InChI is InChI=1S/C19H27N3O3/c1-14-18(15(2)25-20-14)13-22-9-7-21(8-10-22)12-16-11-17(23-3)5-6-19(16)24-4/h5-6,11H,7-10,12-13H2,1-4H3. The average molecular weight is 345 g/mol. The molecule has 1 fully saturated rings. The highest BCUT2D eigenvalue weighted by atomic mass is 16.5. The van der Waals surface area contributed by atoms with Gasteiger partial charge in [-0.15, -0.1) is 0 Å². The molecule has 136 valence electrons. The highest BCUT2D eigenvalue weighted by Crippen LogP contribution is 2.26. The van der Waals surface area contributed by atoms with Crippen LogP contribution in [0.5, 0.6) is 11.5 Å². The maximum atomic E-state index is 5.49. The SMILES string of the molecule is COc1ccc(OC)c(CN2CCN(Cc3c(C)noc3C)CC2)c1. The van der Waals surface area contributed by atoms with Gasteiger partial charge in [0.05, 0.1) is 19.9 Å². The molecule has 1 aromatic heterocycles. The van der Waals surface area contributed by atoms with Crippen LogP contribution in [0.3, 0.4) is 0 Å². The second-order valence-electron chi connectivity index (χ2n) is 6.53. The Hall–Kier alpha value is -2.05. The minimum Gasteiger partial charge on any atom is -0.497 e. The smallest absolute Gasteiger partial charge is 0.138 e. The van der Waals surface area contributed by atoms with E-state index in [4.69, 9.17) is 14.0 Å². The first-order valence-electron chi connectivity index (χ1n) is 8.68. The van der Waals surface area contributed by atoms with E-state index in [1.165, 1.54) is 11.1 Å². The Kier molecular flexibility index (Phi) is 5.60. The van der Waals surface area contributed by atoms with Crippen LogP contribution in [0.25, 0.3) is 0 Å². The fourth-order valence-corrected chi connectivity index (χ4v) is 3.30. The van der Waals surface area contributed by atoms with Crippen molar-refractivity contribution in [2.24, 2.45) is 0 Å². The minimum absolute atomic E-state index is 0.868. The van der Waals surface area contributed by atoms with Crippen LogP contribution in [0.15, 0.2) is 22.7 Å². The molecule has 0 bridgehead atoms. The van der Waals surface area contributed by atoms with E-state index in [9.17, 15) is 0 Å². The summed E-state index contributed by atoms with van der Waals surface area (Å²) in [4.78, 5) is 4.92. The molecule has 25 heavy (non-hydrogen) atoms. The van der Waals surface area contributed by atoms with Gasteiger partial charge in [0.2, 0.25) is 0 Å². The van der Waals surface area contributed by atoms with Gasteiger partial charge in [-0.1, -0.05) is 5.16 Å². The van der Waals surface area contributed by atoms with Gasteiger partial charge in [-0.25, -0.2) is 0 Å². The maximum Gasteiger partial charge on any atom is 0.138 e. The first kappa shape index (κ1) is 17.8. The van der Waals surface area contributed by atoms with Crippen molar-refractivity contribution in [3.63, 3.8) is 0 Å². The average Bonchev–Trinajstić information content (AvgIpc) is 2.95. The van der Waals surface area contributed by atoms with Crippen molar-refractivity contribution in [1.29, 1.82) is 0 Å². The summed E-state index contributed by atoms with van der Waals surface area (Å²) in [6, 6.07) is 5.97. The molecule has 1 aromatic carbocycles. The topological polar surface area (TPSA) is 51.0 Å². The molecule has 0 unspecified atom stereocenters. The lowest BCUT2D eigenvalue weighted by molar-refractivity contribution is 0.120. The van der Waals surface area contributed by atoms with Crippen LogP contribution in [0.4, 0.5) is 0 Å². The van der Waals surface area contributed by atoms with E-state index in [1.807, 2.05) is 26.0 Å². The number of piperazine rings is 1. The van der Waals surface area contributed by atoms with E-state index in [0.29, 0.717) is 0 Å². The zero-order chi connectivity index (χ0) is 17.8. The lowest BCUT2D eigenvalue weighted by Gasteiger charge is -2.34. The van der Waals surface area contributed by atoms with Crippen molar-refractivity contribution >= 4 is 0 Å². The second-order valence-corrected chi connectivity index (χ2v) is 6.53. The Morgan fingerprint density at radius 1 is 1.00 bits per heavy atom. The summed E-state index contributed by atoms with van der Waals surface area (Å²) in [5.74, 6) is 2.72. The molecule has 0 aliphatic carbocycles. The molecule has 1 aliphatic heterocycles. The fourth-order valence-electron chi connectivity index (χ4n) is 3.30. The molecular weight excluding hydrogens is 318 g/mol. The van der Waals surface area contributed by atoms with E-state index in [1.54, 1.807) is 14.2 Å². The Labute approximate surface area is 149 Å². The summed E-state index contributed by atoms with van der Waals surface area (Å²) < 4.78 is 16.1. The molecule has 0 saturated carbocycles. The number of aromatic nitrogens is 1. The van der Waals surface area contributed by atoms with Crippen molar-refractivity contribution in [3.05, 3.63) is 40.8 Å². The fraction of sp³-hybridized carbons (Fsp3) is 0.526. The first-order chi connectivity index (χ1) is 12.1. The first-order valence-corrected chi connectivity index (χ1v) is 8.68. The lowest BCUT2D eigenvalue weighted by atomic mass is 10.1. The highest BCUT2D eigenvalue weighted by Gasteiger charge is 2.21. The number of rotatable bonds is 6. The molecule has 6 heteroatoms. The number of ether oxygens (including phenoxy) is 2. The van der Waals surface area contributed by atoms with E-state index in [0.717, 1.165) is 62.2 Å². The zero-order valence-electron chi connectivity index (χ0n) is 15.5. The number of hydrogen-bond donors (Lipinski definition) is 0. The minimum atomic E-state index is 0.868. The maximum absolute atomic E-state index is 5.49. The molecule has 1 saturated heterocycles. The summed E-state index contributed by atoms with van der Waals surface area (Å²) >= 11 is 0. The molecule has 1 aliphatic rings. The van der Waals surface area contributed by atoms with Gasteiger partial charge in [-0.2, -0.15) is 0 Å². The van der Waals surface area contributed by atoms with Crippen molar-refractivity contribution in [2.75, 3.05) is 40.4 Å². The highest BCUT2D eigenvalue weighted by molar-refractivity contribution is 5.40. The van der Waals surface area contributed by atoms with E-state index in [-0.39, 0.29) is 0 Å². The molecule has 0 amide bonds. The van der Waals surface area contributed by atoms with Crippen LogP contribution in [0.2, 0.25) is 0 Å². The van der Waals surface area contributed by atoms with Gasteiger partial charge in [-0.3, -0.25) is 9.80 Å². The monoisotopic (exact) mass is 345 g/mol. The van der Waals surface area contributed by atoms with Gasteiger partial charge in [0.1, 0.15) is 17.3 Å². The predicted octanol–water partition coefficient (Wildman–Crippen LogP) is 2.63. The molecule has 3 rings (SSSR count). The zero-order valence-corrected chi connectivity index (χ0v) is 15.5. The Morgan fingerprint density at radius 2 is 1.68 bits per heavy atom. The third kappa shape index (κ3) is 4.14. The Bertz CT molecular complexity index is 686. The molecule has 2 heterocycles. The van der Waals surface area contributed by atoms with E-state index >= 15 is 0 Å². The molecule has 0 radical (unpaired) electrons. The van der Waals surface area contributed by atoms with E-state index in [2.05, 4.69) is 21.0 Å². The summed E-state index contributed by atoms with van der Waals surface area (Å²) in [6.07, 6.45) is 0. The summed E-state index contributed by atoms with van der Waals surface area (Å²) in [5, 5.41) is 4.05.